The van der Waals surface area contributed by atoms with Crippen molar-refractivity contribution in [2.24, 2.45) is 0 Å². The number of aliphatic carboxylic acids is 1. The number of fused-ring (bicyclic) bond motifs is 1. The second-order valence-corrected chi connectivity index (χ2v) is 7.12. The number of nitrogens with zero attached hydrogens (tertiary/aromatic N) is 1. The number of hydrogen-bond donors (Lipinski definition) is 4. The number of aryl methyl sites for hydroxylation is 1. The van der Waals surface area contributed by atoms with Gasteiger partial charge in [0.05, 0.1) is 6.61 Å². The van der Waals surface area contributed by atoms with Crippen LogP contribution < -0.4 is 10.1 Å². The lowest BCUT2D eigenvalue weighted by molar-refractivity contribution is -0.134. The molecule has 32 heavy (non-hydrogen) atoms. The van der Waals surface area contributed by atoms with Gasteiger partial charge in [0.2, 0.25) is 11.7 Å². The molecule has 0 bridgehead atoms. The molecule has 0 saturated heterocycles. The number of Topliss-reactive ketones (excluding diaryl/α,β-unsaturated/α-hetero) is 1. The summed E-state index contributed by atoms with van der Waals surface area (Å²) in [5.41, 5.74) is 2.16. The molecule has 0 spiro atoms. The second-order valence-electron chi connectivity index (χ2n) is 7.12. The smallest absolute Gasteiger partial charge is 0.345 e. The average molecular weight is 435 g/mol. The Hall–Kier alpha value is -4.11. The van der Waals surface area contributed by atoms with E-state index >= 15 is 0 Å². The van der Waals surface area contributed by atoms with Crippen molar-refractivity contribution in [1.29, 1.82) is 0 Å². The van der Waals surface area contributed by atoms with Gasteiger partial charge in [0.15, 0.2) is 11.3 Å². The van der Waals surface area contributed by atoms with E-state index in [1.807, 2.05) is 13.0 Å². The second kappa shape index (κ2) is 8.94. The molecule has 0 unspecified atom stereocenters. The molecule has 1 aliphatic heterocycles. The van der Waals surface area contributed by atoms with Crippen LogP contribution in [0, 0.1) is 6.92 Å². The Balaban J connectivity index is 1.59. The monoisotopic (exact) mass is 435 g/mol. The number of rotatable bonds is 8. The predicted octanol–water partition coefficient (Wildman–Crippen LogP) is 2.98. The Morgan fingerprint density at radius 1 is 1.34 bits per heavy atom. The Bertz CT molecular complexity index is 1260. The van der Waals surface area contributed by atoms with E-state index in [-0.39, 0.29) is 18.2 Å². The van der Waals surface area contributed by atoms with Gasteiger partial charge in [0, 0.05) is 42.1 Å². The largest absolute Gasteiger partial charge is 0.493 e. The highest BCUT2D eigenvalue weighted by atomic mass is 16.5. The van der Waals surface area contributed by atoms with Crippen LogP contribution in [0.3, 0.4) is 0 Å². The molecule has 0 saturated carbocycles. The van der Waals surface area contributed by atoms with Crippen LogP contribution in [0.15, 0.2) is 59.9 Å². The molecule has 9 nitrogen and oxygen atoms in total. The van der Waals surface area contributed by atoms with Crippen LogP contribution in [-0.2, 0) is 14.3 Å². The third kappa shape index (κ3) is 4.19. The third-order valence-electron chi connectivity index (χ3n) is 4.89. The van der Waals surface area contributed by atoms with Crippen LogP contribution >= 0.6 is 0 Å². The molecular formula is C23H21N3O6. The molecular weight excluding hydrogens is 414 g/mol. The highest BCUT2D eigenvalue weighted by Gasteiger charge is 2.36. The van der Waals surface area contributed by atoms with Crippen molar-refractivity contribution in [2.75, 3.05) is 18.5 Å². The first-order valence-corrected chi connectivity index (χ1v) is 9.93. The summed E-state index contributed by atoms with van der Waals surface area (Å²) < 4.78 is 11.2. The van der Waals surface area contributed by atoms with E-state index < -0.39 is 17.3 Å². The van der Waals surface area contributed by atoms with Crippen molar-refractivity contribution < 1.29 is 29.3 Å². The molecule has 0 amide bonds. The molecule has 0 fully saturated rings. The van der Waals surface area contributed by atoms with Gasteiger partial charge >= 0.3 is 5.97 Å². The summed E-state index contributed by atoms with van der Waals surface area (Å²) in [6.45, 7) is 2.24. The summed E-state index contributed by atoms with van der Waals surface area (Å²) in [6, 6.07) is 8.79. The zero-order chi connectivity index (χ0) is 22.7. The van der Waals surface area contributed by atoms with Gasteiger partial charge in [-0.3, -0.25) is 4.79 Å². The van der Waals surface area contributed by atoms with Crippen molar-refractivity contribution in [3.8, 4) is 5.75 Å². The lowest BCUT2D eigenvalue weighted by Crippen LogP contribution is -2.12. The van der Waals surface area contributed by atoms with Crippen molar-refractivity contribution in [3.05, 3.63) is 71.1 Å². The number of ether oxygens (including phenoxy) is 2. The number of carbonyl (C=O) groups is 2. The fraction of sp³-hybridized carbons (Fsp3) is 0.174. The quantitative estimate of drug-likeness (QED) is 0.241. The van der Waals surface area contributed by atoms with E-state index in [9.17, 15) is 14.7 Å². The number of allylic oxidation sites excluding steroid dienone is 1. The number of carboxylic acid groups (broad SMARTS) is 1. The van der Waals surface area contributed by atoms with Crippen LogP contribution in [0.2, 0.25) is 0 Å². The lowest BCUT2D eigenvalue weighted by Gasteiger charge is -2.13. The van der Waals surface area contributed by atoms with Gasteiger partial charge in [0.1, 0.15) is 11.4 Å². The van der Waals surface area contributed by atoms with Gasteiger partial charge < -0.3 is 30.0 Å². The summed E-state index contributed by atoms with van der Waals surface area (Å²) >= 11 is 0. The number of aliphatic hydroxyl groups is 1. The standard InChI is InChI=1S/C23H21N3O6/c1-13-10-15(31-9-3-8-27)5-6-17(13)26-22-19(23(29)30)20(28)18(32-22)11-14-12-25-21-16(14)4-2-7-24-21/h2,4-7,10-12,26-27H,3,8-9H2,1H3,(H,24,25)(H,29,30). The van der Waals surface area contributed by atoms with E-state index in [2.05, 4.69) is 15.3 Å². The summed E-state index contributed by atoms with van der Waals surface area (Å²) in [6.07, 6.45) is 5.33. The first-order chi connectivity index (χ1) is 15.5. The lowest BCUT2D eigenvalue weighted by atomic mass is 10.1. The minimum Gasteiger partial charge on any atom is -0.493 e. The van der Waals surface area contributed by atoms with Crippen LogP contribution in [0.25, 0.3) is 17.1 Å². The summed E-state index contributed by atoms with van der Waals surface area (Å²) in [5.74, 6) is -1.74. The number of H-pyrrole nitrogens is 1. The Kier molecular flexibility index (Phi) is 5.91. The highest BCUT2D eigenvalue weighted by Crippen LogP contribution is 2.31. The molecule has 4 rings (SSSR count). The summed E-state index contributed by atoms with van der Waals surface area (Å²) in [4.78, 5) is 31.7. The Morgan fingerprint density at radius 2 is 2.19 bits per heavy atom. The van der Waals surface area contributed by atoms with E-state index in [0.717, 1.165) is 10.9 Å². The van der Waals surface area contributed by atoms with E-state index in [1.165, 1.54) is 6.08 Å². The van der Waals surface area contributed by atoms with Gasteiger partial charge in [-0.25, -0.2) is 9.78 Å². The molecule has 0 radical (unpaired) electrons. The zero-order valence-corrected chi connectivity index (χ0v) is 17.2. The van der Waals surface area contributed by atoms with Gasteiger partial charge in [-0.05, 0) is 48.9 Å². The molecule has 3 aromatic rings. The van der Waals surface area contributed by atoms with Crippen molar-refractivity contribution in [1.82, 2.24) is 9.97 Å². The number of nitrogens with one attached hydrogen (secondary N) is 2. The van der Waals surface area contributed by atoms with Crippen molar-refractivity contribution >= 4 is 34.5 Å². The molecule has 9 heteroatoms. The van der Waals surface area contributed by atoms with E-state index in [4.69, 9.17) is 14.6 Å². The first kappa shape index (κ1) is 21.1. The van der Waals surface area contributed by atoms with Crippen molar-refractivity contribution in [3.63, 3.8) is 0 Å². The minimum atomic E-state index is -1.39. The number of hydrogen-bond acceptors (Lipinski definition) is 7. The van der Waals surface area contributed by atoms with E-state index in [0.29, 0.717) is 35.7 Å². The number of carbonyl (C=O) groups excluding carboxylic acids is 1. The normalized spacial score (nSPS) is 14.8. The zero-order valence-electron chi connectivity index (χ0n) is 17.2. The number of aliphatic hydroxyl groups excluding tert-OH is 1. The number of pyridine rings is 1. The minimum absolute atomic E-state index is 0.0427. The van der Waals surface area contributed by atoms with Crippen LogP contribution in [0.4, 0.5) is 5.69 Å². The first-order valence-electron chi connectivity index (χ1n) is 9.93. The molecule has 1 aliphatic rings. The maximum absolute atomic E-state index is 12.8. The molecule has 3 heterocycles. The number of anilines is 1. The molecule has 0 aliphatic carbocycles. The Morgan fingerprint density at radius 3 is 2.94 bits per heavy atom. The number of carboxylic acids is 1. The fourth-order valence-corrected chi connectivity index (χ4v) is 3.29. The number of ketones is 1. The average Bonchev–Trinajstić information content (AvgIpc) is 3.31. The molecule has 2 aromatic heterocycles. The fourth-order valence-electron chi connectivity index (χ4n) is 3.29. The van der Waals surface area contributed by atoms with Gasteiger partial charge in [-0.1, -0.05) is 0 Å². The van der Waals surface area contributed by atoms with Gasteiger partial charge in [-0.2, -0.15) is 0 Å². The van der Waals surface area contributed by atoms with Crippen LogP contribution in [0.5, 0.6) is 5.75 Å². The topological polar surface area (TPSA) is 134 Å². The SMILES string of the molecule is Cc1cc(OCCCO)ccc1NC1=C(C(=O)O)C(=O)C(=Cc2c[nH]c3ncccc23)O1. The van der Waals surface area contributed by atoms with Crippen LogP contribution in [-0.4, -0.2) is 45.1 Å². The maximum Gasteiger partial charge on any atom is 0.345 e. The number of benzene rings is 1. The number of aromatic amines is 1. The van der Waals surface area contributed by atoms with Crippen LogP contribution in [0.1, 0.15) is 17.5 Å². The summed E-state index contributed by atoms with van der Waals surface area (Å²) in [5, 5.41) is 22.1. The van der Waals surface area contributed by atoms with Gasteiger partial charge in [-0.15, -0.1) is 0 Å². The molecule has 1 aromatic carbocycles. The maximum atomic E-state index is 12.8. The predicted molar refractivity (Wildman–Crippen MR) is 117 cm³/mol. The summed E-state index contributed by atoms with van der Waals surface area (Å²) in [7, 11) is 0. The Labute approximate surface area is 183 Å². The number of aromatic nitrogens is 2. The third-order valence-corrected chi connectivity index (χ3v) is 4.89. The highest BCUT2D eigenvalue weighted by molar-refractivity contribution is 6.26. The van der Waals surface area contributed by atoms with Gasteiger partial charge in [0.25, 0.3) is 0 Å². The van der Waals surface area contributed by atoms with Crippen molar-refractivity contribution in [2.45, 2.75) is 13.3 Å². The molecule has 0 atom stereocenters. The molecule has 164 valence electrons. The molecule has 4 N–H and O–H groups in total. The van der Waals surface area contributed by atoms with E-state index in [1.54, 1.807) is 36.7 Å².